The fraction of sp³-hybridized carbons (Fsp3) is 0.130. The van der Waals surface area contributed by atoms with E-state index in [2.05, 4.69) is 10.5 Å². The molecule has 0 bridgehead atoms. The van der Waals surface area contributed by atoms with Gasteiger partial charge in [0.15, 0.2) is 11.5 Å². The van der Waals surface area contributed by atoms with Crippen molar-refractivity contribution in [2.75, 3.05) is 13.7 Å². The van der Waals surface area contributed by atoms with Crippen LogP contribution < -0.4 is 10.2 Å². The van der Waals surface area contributed by atoms with E-state index in [9.17, 15) is 18.3 Å². The molecule has 1 amide bonds. The van der Waals surface area contributed by atoms with E-state index >= 15 is 0 Å². The fourth-order valence-electron chi connectivity index (χ4n) is 3.00. The highest BCUT2D eigenvalue weighted by atomic mass is 35.5. The molecule has 0 saturated heterocycles. The molecule has 2 N–H and O–H groups in total. The second kappa shape index (κ2) is 11.3. The SMILES string of the molecule is COc1cccc(/C=N\NC(=O)CN(Cc2cccc(Cl)c2)S(=O)(=O)c2ccc(Cl)cc2)c1O. The van der Waals surface area contributed by atoms with Crippen molar-refractivity contribution in [2.24, 2.45) is 5.10 Å². The summed E-state index contributed by atoms with van der Waals surface area (Å²) in [6, 6.07) is 17.1. The number of benzene rings is 3. The van der Waals surface area contributed by atoms with E-state index < -0.39 is 22.5 Å². The summed E-state index contributed by atoms with van der Waals surface area (Å²) < 4.78 is 32.6. The van der Waals surface area contributed by atoms with E-state index in [0.29, 0.717) is 21.2 Å². The predicted octanol–water partition coefficient (Wildman–Crippen LogP) is 4.05. The number of phenols is 1. The van der Waals surface area contributed by atoms with Crippen molar-refractivity contribution in [2.45, 2.75) is 11.4 Å². The third kappa shape index (κ3) is 6.48. The molecule has 0 aromatic heterocycles. The number of phenolic OH excluding ortho intramolecular Hbond substituents is 1. The molecule has 178 valence electrons. The second-order valence-electron chi connectivity index (χ2n) is 7.05. The summed E-state index contributed by atoms with van der Waals surface area (Å²) in [5.41, 5.74) is 3.19. The van der Waals surface area contributed by atoms with Gasteiger partial charge in [-0.25, -0.2) is 13.8 Å². The maximum absolute atomic E-state index is 13.3. The molecule has 0 atom stereocenters. The van der Waals surface area contributed by atoms with Crippen molar-refractivity contribution in [1.29, 1.82) is 0 Å². The van der Waals surface area contributed by atoms with Gasteiger partial charge in [0, 0.05) is 22.2 Å². The molecule has 0 radical (unpaired) electrons. The van der Waals surface area contributed by atoms with Crippen LogP contribution in [0.5, 0.6) is 11.5 Å². The number of carbonyl (C=O) groups is 1. The molecule has 8 nitrogen and oxygen atoms in total. The van der Waals surface area contributed by atoms with E-state index in [1.54, 1.807) is 42.5 Å². The summed E-state index contributed by atoms with van der Waals surface area (Å²) in [5.74, 6) is -0.578. The average Bonchev–Trinajstić information content (AvgIpc) is 2.80. The molecule has 0 aliphatic carbocycles. The molecule has 0 heterocycles. The summed E-state index contributed by atoms with van der Waals surface area (Å²) in [5, 5.41) is 14.7. The molecule has 0 unspecified atom stereocenters. The number of aromatic hydroxyl groups is 1. The van der Waals surface area contributed by atoms with Gasteiger partial charge in [-0.2, -0.15) is 9.41 Å². The van der Waals surface area contributed by atoms with Crippen LogP contribution in [-0.4, -0.2) is 43.6 Å². The van der Waals surface area contributed by atoms with Gasteiger partial charge in [0.1, 0.15) is 0 Å². The second-order valence-corrected chi connectivity index (χ2v) is 9.86. The lowest BCUT2D eigenvalue weighted by molar-refractivity contribution is -0.121. The Morgan fingerprint density at radius 1 is 1.09 bits per heavy atom. The van der Waals surface area contributed by atoms with Crippen molar-refractivity contribution >= 4 is 45.3 Å². The Morgan fingerprint density at radius 2 is 1.79 bits per heavy atom. The zero-order valence-corrected chi connectivity index (χ0v) is 20.3. The van der Waals surface area contributed by atoms with Crippen molar-refractivity contribution in [3.63, 3.8) is 0 Å². The summed E-state index contributed by atoms with van der Waals surface area (Å²) >= 11 is 11.9. The number of amides is 1. The topological polar surface area (TPSA) is 108 Å². The first-order chi connectivity index (χ1) is 16.2. The highest BCUT2D eigenvalue weighted by Gasteiger charge is 2.27. The van der Waals surface area contributed by atoms with Crippen LogP contribution in [0.25, 0.3) is 0 Å². The lowest BCUT2D eigenvalue weighted by Crippen LogP contribution is -2.39. The van der Waals surface area contributed by atoms with Gasteiger partial charge in [-0.1, -0.05) is 41.4 Å². The van der Waals surface area contributed by atoms with E-state index in [4.69, 9.17) is 27.9 Å². The van der Waals surface area contributed by atoms with Gasteiger partial charge in [0.2, 0.25) is 10.0 Å². The van der Waals surface area contributed by atoms with E-state index in [-0.39, 0.29) is 22.9 Å². The number of halogens is 2. The minimum atomic E-state index is -4.05. The minimum Gasteiger partial charge on any atom is -0.504 e. The van der Waals surface area contributed by atoms with Crippen LogP contribution in [0, 0.1) is 0 Å². The van der Waals surface area contributed by atoms with Crippen LogP contribution in [-0.2, 0) is 21.4 Å². The number of rotatable bonds is 9. The first-order valence-corrected chi connectivity index (χ1v) is 12.1. The van der Waals surface area contributed by atoms with Crippen LogP contribution in [0.15, 0.2) is 76.7 Å². The Balaban J connectivity index is 1.80. The maximum Gasteiger partial charge on any atom is 0.255 e. The van der Waals surface area contributed by atoms with Crippen LogP contribution >= 0.6 is 23.2 Å². The molecule has 0 aliphatic rings. The Morgan fingerprint density at radius 3 is 2.47 bits per heavy atom. The summed E-state index contributed by atoms with van der Waals surface area (Å²) in [7, 11) is -2.64. The van der Waals surface area contributed by atoms with E-state index in [1.807, 2.05) is 0 Å². The molecule has 0 saturated carbocycles. The number of carbonyl (C=O) groups excluding carboxylic acids is 1. The zero-order chi connectivity index (χ0) is 24.7. The van der Waals surface area contributed by atoms with Crippen LogP contribution in [0.4, 0.5) is 0 Å². The molecule has 0 aliphatic heterocycles. The number of hydrogen-bond acceptors (Lipinski definition) is 6. The minimum absolute atomic E-state index is 0.0171. The van der Waals surface area contributed by atoms with Gasteiger partial charge in [-0.05, 0) is 54.1 Å². The molecular formula is C23H21Cl2N3O5S. The van der Waals surface area contributed by atoms with Gasteiger partial charge in [-0.15, -0.1) is 0 Å². The first-order valence-electron chi connectivity index (χ1n) is 9.88. The van der Waals surface area contributed by atoms with Crippen LogP contribution in [0.2, 0.25) is 10.0 Å². The number of hydrazone groups is 1. The van der Waals surface area contributed by atoms with Gasteiger partial charge in [-0.3, -0.25) is 4.79 Å². The Kier molecular flexibility index (Phi) is 8.51. The zero-order valence-electron chi connectivity index (χ0n) is 18.0. The number of nitrogens with zero attached hydrogens (tertiary/aromatic N) is 2. The molecule has 3 rings (SSSR count). The molecule has 11 heteroatoms. The predicted molar refractivity (Wildman–Crippen MR) is 131 cm³/mol. The monoisotopic (exact) mass is 521 g/mol. The van der Waals surface area contributed by atoms with Crippen molar-refractivity contribution < 1.29 is 23.1 Å². The molecule has 34 heavy (non-hydrogen) atoms. The highest BCUT2D eigenvalue weighted by molar-refractivity contribution is 7.89. The van der Waals surface area contributed by atoms with Crippen molar-refractivity contribution in [1.82, 2.24) is 9.73 Å². The largest absolute Gasteiger partial charge is 0.504 e. The van der Waals surface area contributed by atoms with Crippen LogP contribution in [0.3, 0.4) is 0 Å². The molecule has 0 fully saturated rings. The lowest BCUT2D eigenvalue weighted by atomic mass is 10.2. The maximum atomic E-state index is 13.3. The number of sulfonamides is 1. The summed E-state index contributed by atoms with van der Waals surface area (Å²) in [4.78, 5) is 12.6. The number of ether oxygens (including phenoxy) is 1. The molecular weight excluding hydrogens is 501 g/mol. The van der Waals surface area contributed by atoms with Gasteiger partial charge >= 0.3 is 0 Å². The van der Waals surface area contributed by atoms with Crippen molar-refractivity contribution in [3.8, 4) is 11.5 Å². The number of methoxy groups -OCH3 is 1. The first kappa shape index (κ1) is 25.5. The quantitative estimate of drug-likeness (QED) is 0.326. The fourth-order valence-corrected chi connectivity index (χ4v) is 4.72. The van der Waals surface area contributed by atoms with Gasteiger partial charge in [0.25, 0.3) is 5.91 Å². The smallest absolute Gasteiger partial charge is 0.255 e. The third-order valence-electron chi connectivity index (χ3n) is 4.66. The Bertz CT molecular complexity index is 1300. The standard InChI is InChI=1S/C23H21Cl2N3O5S/c1-33-21-7-3-5-17(23(21)30)13-26-27-22(29)15-28(14-16-4-2-6-19(25)12-16)34(31,32)20-10-8-18(24)9-11-20/h2-13,30H,14-15H2,1H3,(H,27,29)/b26-13-. The number of hydrogen-bond donors (Lipinski definition) is 2. The Hall–Kier alpha value is -3.11. The van der Waals surface area contributed by atoms with Crippen LogP contribution in [0.1, 0.15) is 11.1 Å². The summed E-state index contributed by atoms with van der Waals surface area (Å²) in [6.45, 7) is -0.613. The van der Waals surface area contributed by atoms with Gasteiger partial charge < -0.3 is 9.84 Å². The lowest BCUT2D eigenvalue weighted by Gasteiger charge is -2.21. The molecule has 0 spiro atoms. The molecule has 3 aromatic rings. The number of nitrogens with one attached hydrogen (secondary N) is 1. The van der Waals surface area contributed by atoms with Crippen molar-refractivity contribution in [3.05, 3.63) is 87.9 Å². The van der Waals surface area contributed by atoms with E-state index in [0.717, 1.165) is 4.31 Å². The van der Waals surface area contributed by atoms with E-state index in [1.165, 1.54) is 37.6 Å². The number of para-hydroxylation sites is 1. The highest BCUT2D eigenvalue weighted by Crippen LogP contribution is 2.28. The normalized spacial score (nSPS) is 11.6. The van der Waals surface area contributed by atoms with Gasteiger partial charge in [0.05, 0.1) is 24.8 Å². The Labute approximate surface area is 207 Å². The summed E-state index contributed by atoms with van der Waals surface area (Å²) in [6.07, 6.45) is 1.23. The molecule has 3 aromatic carbocycles. The average molecular weight is 522 g/mol. The third-order valence-corrected chi connectivity index (χ3v) is 6.96.